The third-order valence-electron chi connectivity index (χ3n) is 2.12. The number of hydrogen-bond acceptors (Lipinski definition) is 2. The van der Waals surface area contributed by atoms with Gasteiger partial charge in [0, 0.05) is 11.0 Å². The largest absolute Gasteiger partial charge is 0.304 e. The van der Waals surface area contributed by atoms with Crippen LogP contribution in [0.2, 0.25) is 5.28 Å². The summed E-state index contributed by atoms with van der Waals surface area (Å²) in [6.45, 7) is 0.799. The number of halogens is 2. The zero-order valence-electron chi connectivity index (χ0n) is 7.90. The van der Waals surface area contributed by atoms with Crippen molar-refractivity contribution < 1.29 is 0 Å². The SMILES string of the molecule is Clc1nncn1CCc1ccc(Br)cc1. The van der Waals surface area contributed by atoms with Crippen molar-refractivity contribution in [2.75, 3.05) is 0 Å². The first-order valence-corrected chi connectivity index (χ1v) is 5.70. The Balaban J connectivity index is 1.99. The van der Waals surface area contributed by atoms with Crippen molar-refractivity contribution in [1.29, 1.82) is 0 Å². The van der Waals surface area contributed by atoms with Gasteiger partial charge in [0.15, 0.2) is 0 Å². The zero-order chi connectivity index (χ0) is 10.7. The molecule has 0 aliphatic heterocycles. The molecule has 1 heterocycles. The zero-order valence-corrected chi connectivity index (χ0v) is 10.2. The fraction of sp³-hybridized carbons (Fsp3) is 0.200. The summed E-state index contributed by atoms with van der Waals surface area (Å²) < 4.78 is 2.91. The molecule has 0 aliphatic rings. The second-order valence-electron chi connectivity index (χ2n) is 3.17. The molecule has 0 radical (unpaired) electrons. The van der Waals surface area contributed by atoms with Crippen LogP contribution in [0.1, 0.15) is 5.56 Å². The van der Waals surface area contributed by atoms with E-state index in [1.165, 1.54) is 5.56 Å². The third kappa shape index (κ3) is 2.79. The van der Waals surface area contributed by atoms with Crippen LogP contribution in [-0.2, 0) is 13.0 Å². The molecule has 1 aromatic heterocycles. The Morgan fingerprint density at radius 3 is 2.60 bits per heavy atom. The number of aryl methyl sites for hydroxylation is 2. The molecule has 0 amide bonds. The van der Waals surface area contributed by atoms with Gasteiger partial charge in [0.2, 0.25) is 5.28 Å². The van der Waals surface area contributed by atoms with E-state index in [1.54, 1.807) is 6.33 Å². The first-order valence-electron chi connectivity index (χ1n) is 4.53. The maximum Gasteiger partial charge on any atom is 0.224 e. The highest BCUT2D eigenvalue weighted by molar-refractivity contribution is 9.10. The molecule has 2 rings (SSSR count). The summed E-state index contributed by atoms with van der Waals surface area (Å²) in [6, 6.07) is 8.23. The van der Waals surface area contributed by atoms with Crippen molar-refractivity contribution in [1.82, 2.24) is 14.8 Å². The molecule has 0 bridgehead atoms. The Morgan fingerprint density at radius 1 is 1.27 bits per heavy atom. The van der Waals surface area contributed by atoms with E-state index in [0.717, 1.165) is 17.4 Å². The maximum atomic E-state index is 5.81. The predicted molar refractivity (Wildman–Crippen MR) is 62.9 cm³/mol. The van der Waals surface area contributed by atoms with Crippen LogP contribution in [-0.4, -0.2) is 14.8 Å². The molecule has 0 fully saturated rings. The van der Waals surface area contributed by atoms with Gasteiger partial charge in [0.25, 0.3) is 0 Å². The summed E-state index contributed by atoms with van der Waals surface area (Å²) in [4.78, 5) is 0. The van der Waals surface area contributed by atoms with Crippen molar-refractivity contribution in [3.05, 3.63) is 45.9 Å². The number of nitrogens with zero attached hydrogens (tertiary/aromatic N) is 3. The van der Waals surface area contributed by atoms with Gasteiger partial charge >= 0.3 is 0 Å². The van der Waals surface area contributed by atoms with Crippen molar-refractivity contribution >= 4 is 27.5 Å². The van der Waals surface area contributed by atoms with Crippen LogP contribution in [0.3, 0.4) is 0 Å². The average molecular weight is 287 g/mol. The smallest absolute Gasteiger partial charge is 0.224 e. The lowest BCUT2D eigenvalue weighted by Gasteiger charge is -2.03. The Hall–Kier alpha value is -0.870. The molecule has 0 N–H and O–H groups in total. The quantitative estimate of drug-likeness (QED) is 0.868. The Kier molecular flexibility index (Phi) is 3.38. The molecule has 0 atom stereocenters. The molecule has 0 saturated heterocycles. The second kappa shape index (κ2) is 4.77. The number of rotatable bonds is 3. The van der Waals surface area contributed by atoms with Crippen molar-refractivity contribution in [2.45, 2.75) is 13.0 Å². The Labute approximate surface area is 101 Å². The van der Waals surface area contributed by atoms with Crippen LogP contribution in [0.25, 0.3) is 0 Å². The van der Waals surface area contributed by atoms with E-state index in [4.69, 9.17) is 11.6 Å². The summed E-state index contributed by atoms with van der Waals surface area (Å²) in [7, 11) is 0. The van der Waals surface area contributed by atoms with E-state index in [1.807, 2.05) is 16.7 Å². The maximum absolute atomic E-state index is 5.81. The van der Waals surface area contributed by atoms with Crippen LogP contribution in [0.4, 0.5) is 0 Å². The van der Waals surface area contributed by atoms with E-state index in [0.29, 0.717) is 5.28 Å². The first kappa shape index (κ1) is 10.6. The minimum atomic E-state index is 0.437. The van der Waals surface area contributed by atoms with Gasteiger partial charge in [-0.1, -0.05) is 28.1 Å². The van der Waals surface area contributed by atoms with Gasteiger partial charge in [0.05, 0.1) is 0 Å². The summed E-state index contributed by atoms with van der Waals surface area (Å²) in [5.74, 6) is 0. The minimum absolute atomic E-state index is 0.437. The molecule has 0 spiro atoms. The van der Waals surface area contributed by atoms with Gasteiger partial charge in [-0.05, 0) is 35.7 Å². The highest BCUT2D eigenvalue weighted by Crippen LogP contribution is 2.12. The number of benzene rings is 1. The van der Waals surface area contributed by atoms with Gasteiger partial charge in [-0.15, -0.1) is 10.2 Å². The normalized spacial score (nSPS) is 10.5. The molecule has 78 valence electrons. The summed E-state index contributed by atoms with van der Waals surface area (Å²) in [6.07, 6.45) is 2.56. The average Bonchev–Trinajstić information content (AvgIpc) is 2.63. The second-order valence-corrected chi connectivity index (χ2v) is 4.42. The van der Waals surface area contributed by atoms with Crippen LogP contribution in [0, 0.1) is 0 Å². The minimum Gasteiger partial charge on any atom is -0.304 e. The molecule has 1 aromatic carbocycles. The van der Waals surface area contributed by atoms with E-state index in [9.17, 15) is 0 Å². The first-order chi connectivity index (χ1) is 7.25. The van der Waals surface area contributed by atoms with E-state index < -0.39 is 0 Å². The number of hydrogen-bond donors (Lipinski definition) is 0. The van der Waals surface area contributed by atoms with Gasteiger partial charge < -0.3 is 4.57 Å². The van der Waals surface area contributed by atoms with E-state index >= 15 is 0 Å². The monoisotopic (exact) mass is 285 g/mol. The molecule has 15 heavy (non-hydrogen) atoms. The van der Waals surface area contributed by atoms with Gasteiger partial charge in [-0.3, -0.25) is 0 Å². The fourth-order valence-corrected chi connectivity index (χ4v) is 1.73. The van der Waals surface area contributed by atoms with Crippen LogP contribution >= 0.6 is 27.5 Å². The van der Waals surface area contributed by atoms with E-state index in [-0.39, 0.29) is 0 Å². The van der Waals surface area contributed by atoms with Gasteiger partial charge in [-0.2, -0.15) is 0 Å². The van der Waals surface area contributed by atoms with Crippen LogP contribution in [0.15, 0.2) is 35.1 Å². The molecule has 5 heteroatoms. The standard InChI is InChI=1S/C10H9BrClN3/c11-9-3-1-8(2-4-9)5-6-15-7-13-14-10(15)12/h1-4,7H,5-6H2. The fourth-order valence-electron chi connectivity index (χ4n) is 1.29. The lowest BCUT2D eigenvalue weighted by molar-refractivity contribution is 0.694. The summed E-state index contributed by atoms with van der Waals surface area (Å²) in [5, 5.41) is 7.87. The predicted octanol–water partition coefficient (Wildman–Crippen LogP) is 2.94. The molecule has 3 nitrogen and oxygen atoms in total. The lowest BCUT2D eigenvalue weighted by Crippen LogP contribution is -2.00. The topological polar surface area (TPSA) is 30.7 Å². The molecule has 0 aliphatic carbocycles. The third-order valence-corrected chi connectivity index (χ3v) is 2.94. The lowest BCUT2D eigenvalue weighted by atomic mass is 10.1. The summed E-state index contributed by atoms with van der Waals surface area (Å²) >= 11 is 9.21. The molecular weight excluding hydrogens is 277 g/mol. The highest BCUT2D eigenvalue weighted by Gasteiger charge is 2.00. The van der Waals surface area contributed by atoms with E-state index in [2.05, 4.69) is 38.3 Å². The van der Waals surface area contributed by atoms with Crippen LogP contribution in [0.5, 0.6) is 0 Å². The summed E-state index contributed by atoms with van der Waals surface area (Å²) in [5.41, 5.74) is 1.27. The van der Waals surface area contributed by atoms with Crippen molar-refractivity contribution in [3.63, 3.8) is 0 Å². The number of aromatic nitrogens is 3. The van der Waals surface area contributed by atoms with Crippen molar-refractivity contribution in [2.24, 2.45) is 0 Å². The van der Waals surface area contributed by atoms with Gasteiger partial charge in [-0.25, -0.2) is 0 Å². The molecular formula is C10H9BrClN3. The van der Waals surface area contributed by atoms with Crippen LogP contribution < -0.4 is 0 Å². The molecule has 0 saturated carbocycles. The van der Waals surface area contributed by atoms with Crippen molar-refractivity contribution in [3.8, 4) is 0 Å². The molecule has 2 aromatic rings. The Bertz CT molecular complexity index is 438. The molecule has 0 unspecified atom stereocenters. The Morgan fingerprint density at radius 2 is 2.00 bits per heavy atom. The van der Waals surface area contributed by atoms with Gasteiger partial charge in [0.1, 0.15) is 6.33 Å². The highest BCUT2D eigenvalue weighted by atomic mass is 79.9.